The van der Waals surface area contributed by atoms with E-state index in [-0.39, 0.29) is 0 Å². The van der Waals surface area contributed by atoms with Gasteiger partial charge in [0.25, 0.3) is 0 Å². The molecule has 254 valence electrons. The van der Waals surface area contributed by atoms with E-state index in [1.165, 1.54) is 97.0 Å². The van der Waals surface area contributed by atoms with E-state index in [9.17, 15) is 0 Å². The lowest BCUT2D eigenvalue weighted by molar-refractivity contribution is 0.217. The summed E-state index contributed by atoms with van der Waals surface area (Å²) in [7, 11) is 0. The molecular formula is C48H52N2. The number of nitrogens with zero attached hydrogens (tertiary/aromatic N) is 2. The molecular weight excluding hydrogens is 605 g/mol. The molecule has 1 saturated carbocycles. The summed E-state index contributed by atoms with van der Waals surface area (Å²) in [6, 6.07) is 10.8. The molecule has 2 nitrogen and oxygen atoms in total. The van der Waals surface area contributed by atoms with Crippen LogP contribution in [0.25, 0.3) is 0 Å². The van der Waals surface area contributed by atoms with Crippen LogP contribution in [-0.2, 0) is 0 Å². The lowest BCUT2D eigenvalue weighted by atomic mass is 9.74. The van der Waals surface area contributed by atoms with Gasteiger partial charge in [0.2, 0.25) is 0 Å². The van der Waals surface area contributed by atoms with Gasteiger partial charge in [-0.15, -0.1) is 0 Å². The van der Waals surface area contributed by atoms with Crippen LogP contribution in [0, 0.1) is 23.7 Å². The molecule has 7 unspecified atom stereocenters. The topological polar surface area (TPSA) is 6.48 Å². The van der Waals surface area contributed by atoms with Crippen molar-refractivity contribution in [2.45, 2.75) is 101 Å². The summed E-state index contributed by atoms with van der Waals surface area (Å²) in [6.45, 7) is 0. The van der Waals surface area contributed by atoms with Gasteiger partial charge in [-0.3, -0.25) is 0 Å². The minimum Gasteiger partial charge on any atom is -0.364 e. The zero-order valence-electron chi connectivity index (χ0n) is 29.5. The average Bonchev–Trinajstić information content (AvgIpc) is 3.71. The third-order valence-corrected chi connectivity index (χ3v) is 13.6. The van der Waals surface area contributed by atoms with E-state index >= 15 is 0 Å². The van der Waals surface area contributed by atoms with Gasteiger partial charge in [-0.1, -0.05) is 123 Å². The van der Waals surface area contributed by atoms with Crippen molar-refractivity contribution >= 4 is 5.69 Å². The van der Waals surface area contributed by atoms with Crippen molar-refractivity contribution in [2.75, 3.05) is 4.90 Å². The first kappa shape index (κ1) is 30.8. The molecule has 2 aliphatic heterocycles. The van der Waals surface area contributed by atoms with Gasteiger partial charge in [0.05, 0.1) is 12.1 Å². The number of rotatable bonds is 5. The molecule has 9 aliphatic rings. The number of fused-ring (bicyclic) bond motifs is 6. The molecule has 0 aromatic heterocycles. The summed E-state index contributed by atoms with van der Waals surface area (Å²) in [5.41, 5.74) is 11.9. The maximum Gasteiger partial charge on any atom is 0.0626 e. The summed E-state index contributed by atoms with van der Waals surface area (Å²) < 4.78 is 0. The molecule has 0 spiro atoms. The zero-order chi connectivity index (χ0) is 33.0. The molecule has 1 aromatic rings. The van der Waals surface area contributed by atoms with Crippen LogP contribution in [0.5, 0.6) is 0 Å². The molecule has 2 heteroatoms. The second-order valence-electron chi connectivity index (χ2n) is 16.4. The molecule has 10 rings (SSSR count). The summed E-state index contributed by atoms with van der Waals surface area (Å²) >= 11 is 0. The van der Waals surface area contributed by atoms with Crippen molar-refractivity contribution in [1.82, 2.24) is 4.90 Å². The Bertz CT molecular complexity index is 1870. The minimum atomic E-state index is 0.331. The van der Waals surface area contributed by atoms with E-state index in [0.29, 0.717) is 41.8 Å². The number of hydrogen-bond acceptors (Lipinski definition) is 2. The molecule has 0 N–H and O–H groups in total. The molecule has 0 bridgehead atoms. The summed E-state index contributed by atoms with van der Waals surface area (Å²) in [6.07, 6.45) is 54.8. The van der Waals surface area contributed by atoms with Gasteiger partial charge < -0.3 is 9.80 Å². The predicted molar refractivity (Wildman–Crippen MR) is 208 cm³/mol. The fourth-order valence-electron chi connectivity index (χ4n) is 11.2. The van der Waals surface area contributed by atoms with Crippen LogP contribution in [0.15, 0.2) is 155 Å². The molecule has 0 amide bonds. The lowest BCUT2D eigenvalue weighted by Crippen LogP contribution is -2.39. The van der Waals surface area contributed by atoms with Crippen molar-refractivity contribution < 1.29 is 0 Å². The standard InChI is InChI=1S/C48H52N2/c1-4-14-33(15-5-1)37-28-38(34-16-6-2-7-17-34)30-40(29-37)50-46-23-13-11-21-42(46)44-32-36(25-27-48(44)50)35-24-26-47-43(31-35)41-20-10-12-22-45(41)49(47)39-18-8-3-9-19-39/h3-4,8,10-15,20-29,32,34,38-39,41,43-45,48H,1-2,5-7,9,16-19,30-31H2. The third kappa shape index (κ3) is 5.28. The smallest absolute Gasteiger partial charge is 0.0626 e. The van der Waals surface area contributed by atoms with Crippen molar-refractivity contribution in [2.24, 2.45) is 23.7 Å². The first-order valence-corrected chi connectivity index (χ1v) is 20.1. The number of para-hydroxylation sites is 1. The van der Waals surface area contributed by atoms with Gasteiger partial charge in [-0.25, -0.2) is 0 Å². The first-order chi connectivity index (χ1) is 24.8. The average molecular weight is 657 g/mol. The van der Waals surface area contributed by atoms with Crippen molar-refractivity contribution in [3.8, 4) is 0 Å². The Morgan fingerprint density at radius 1 is 0.700 bits per heavy atom. The van der Waals surface area contributed by atoms with Crippen molar-refractivity contribution in [3.05, 3.63) is 161 Å². The highest BCUT2D eigenvalue weighted by molar-refractivity contribution is 5.71. The maximum absolute atomic E-state index is 2.82. The van der Waals surface area contributed by atoms with E-state index < -0.39 is 0 Å². The van der Waals surface area contributed by atoms with Crippen LogP contribution >= 0.6 is 0 Å². The quantitative estimate of drug-likeness (QED) is 0.291. The van der Waals surface area contributed by atoms with Gasteiger partial charge in [-0.05, 0) is 116 Å². The van der Waals surface area contributed by atoms with Gasteiger partial charge in [0.15, 0.2) is 0 Å². The van der Waals surface area contributed by atoms with E-state index in [2.05, 4.69) is 131 Å². The Kier molecular flexibility index (Phi) is 7.96. The van der Waals surface area contributed by atoms with Crippen LogP contribution < -0.4 is 4.90 Å². The van der Waals surface area contributed by atoms with E-state index in [4.69, 9.17) is 0 Å². The fraction of sp³-hybridized carbons (Fsp3) is 0.417. The summed E-state index contributed by atoms with van der Waals surface area (Å²) in [5.74, 6) is 2.93. The highest BCUT2D eigenvalue weighted by Gasteiger charge is 2.47. The lowest BCUT2D eigenvalue weighted by Gasteiger charge is -2.38. The normalized spacial score (nSPS) is 34.2. The first-order valence-electron chi connectivity index (χ1n) is 20.1. The van der Waals surface area contributed by atoms with Gasteiger partial charge in [-0.2, -0.15) is 0 Å². The van der Waals surface area contributed by atoms with Gasteiger partial charge >= 0.3 is 0 Å². The van der Waals surface area contributed by atoms with E-state index in [1.807, 2.05) is 0 Å². The maximum atomic E-state index is 2.82. The molecule has 0 radical (unpaired) electrons. The second kappa shape index (κ2) is 12.9. The van der Waals surface area contributed by atoms with Crippen molar-refractivity contribution in [3.63, 3.8) is 0 Å². The Hall–Kier alpha value is -4.04. The zero-order valence-corrected chi connectivity index (χ0v) is 29.5. The molecule has 2 heterocycles. The molecule has 1 saturated heterocycles. The van der Waals surface area contributed by atoms with E-state index in [0.717, 1.165) is 25.2 Å². The Balaban J connectivity index is 0.972. The SMILES string of the molecule is C1=CC2C3CC(C4=CC5c6ccccc6N(C6=CC(C7=CCCC=C7)=CC(C7CCCCC7)C6)C5C=C4)=CC=C3N(C3CC=CCC3)C2C=C1. The minimum absolute atomic E-state index is 0.331. The number of anilines is 1. The number of likely N-dealkylation sites (tertiary alicyclic amines) is 1. The van der Waals surface area contributed by atoms with Gasteiger partial charge in [0, 0.05) is 40.9 Å². The second-order valence-corrected chi connectivity index (χ2v) is 16.4. The largest absolute Gasteiger partial charge is 0.364 e. The van der Waals surface area contributed by atoms with Crippen molar-refractivity contribution in [1.29, 1.82) is 0 Å². The predicted octanol–water partition coefficient (Wildman–Crippen LogP) is 11.5. The number of benzene rings is 1. The molecule has 7 atom stereocenters. The fourth-order valence-corrected chi connectivity index (χ4v) is 11.2. The molecule has 7 aliphatic carbocycles. The van der Waals surface area contributed by atoms with Crippen LogP contribution in [0.1, 0.15) is 88.5 Å². The number of allylic oxidation sites excluding steroid dienone is 17. The van der Waals surface area contributed by atoms with Crippen LogP contribution in [-0.4, -0.2) is 23.0 Å². The summed E-state index contributed by atoms with van der Waals surface area (Å²) in [5, 5.41) is 0. The highest BCUT2D eigenvalue weighted by Crippen LogP contribution is 2.53. The third-order valence-electron chi connectivity index (χ3n) is 13.6. The Morgan fingerprint density at radius 2 is 1.62 bits per heavy atom. The van der Waals surface area contributed by atoms with Crippen LogP contribution in [0.2, 0.25) is 0 Å². The van der Waals surface area contributed by atoms with Crippen LogP contribution in [0.4, 0.5) is 5.69 Å². The number of hydrogen-bond donors (Lipinski definition) is 0. The molecule has 50 heavy (non-hydrogen) atoms. The molecule has 2 fully saturated rings. The Morgan fingerprint density at radius 3 is 2.50 bits per heavy atom. The van der Waals surface area contributed by atoms with Gasteiger partial charge in [0.1, 0.15) is 0 Å². The molecule has 1 aromatic carbocycles. The van der Waals surface area contributed by atoms with Crippen LogP contribution in [0.3, 0.4) is 0 Å². The highest BCUT2D eigenvalue weighted by atomic mass is 15.2. The van der Waals surface area contributed by atoms with E-state index in [1.54, 1.807) is 5.70 Å². The Labute approximate surface area is 300 Å². The summed E-state index contributed by atoms with van der Waals surface area (Å²) in [4.78, 5) is 5.57. The monoisotopic (exact) mass is 656 g/mol.